The van der Waals surface area contributed by atoms with Crippen molar-refractivity contribution < 1.29 is 17.6 Å². The van der Waals surface area contributed by atoms with Crippen molar-refractivity contribution in [3.63, 3.8) is 0 Å². The molecule has 0 bridgehead atoms. The maximum atomic E-state index is 14.3. The third-order valence-electron chi connectivity index (χ3n) is 5.68. The molecule has 1 aliphatic heterocycles. The van der Waals surface area contributed by atoms with E-state index in [9.17, 15) is 17.6 Å². The second-order valence-electron chi connectivity index (χ2n) is 8.35. The first-order chi connectivity index (χ1) is 14.6. The van der Waals surface area contributed by atoms with E-state index in [1.807, 2.05) is 25.8 Å². The molecule has 168 valence electrons. The van der Waals surface area contributed by atoms with E-state index in [1.54, 1.807) is 24.5 Å². The fourth-order valence-corrected chi connectivity index (χ4v) is 5.04. The third-order valence-corrected chi connectivity index (χ3v) is 7.23. The second kappa shape index (κ2) is 9.42. The minimum atomic E-state index is -3.98. The Morgan fingerprint density at radius 1 is 1.39 bits per heavy atom. The fourth-order valence-electron chi connectivity index (χ4n) is 3.97. The molecule has 2 aromatic rings. The number of pyridine rings is 1. The summed E-state index contributed by atoms with van der Waals surface area (Å²) in [5, 5.41) is 0. The average Bonchev–Trinajstić information content (AvgIpc) is 3.14. The highest BCUT2D eigenvalue weighted by Gasteiger charge is 2.32. The van der Waals surface area contributed by atoms with Gasteiger partial charge in [0.05, 0.1) is 6.42 Å². The zero-order chi connectivity index (χ0) is 22.8. The number of hydrogen-bond donors (Lipinski definition) is 1. The van der Waals surface area contributed by atoms with Gasteiger partial charge in [-0.15, -0.1) is 0 Å². The highest BCUT2D eigenvalue weighted by molar-refractivity contribution is 7.87. The van der Waals surface area contributed by atoms with Crippen LogP contribution in [0, 0.1) is 5.82 Å². The molecule has 1 saturated heterocycles. The zero-order valence-corrected chi connectivity index (χ0v) is 19.1. The Hall–Kier alpha value is -2.36. The van der Waals surface area contributed by atoms with Gasteiger partial charge in [0.15, 0.2) is 0 Å². The van der Waals surface area contributed by atoms with Gasteiger partial charge >= 0.3 is 10.2 Å². The lowest BCUT2D eigenvalue weighted by Gasteiger charge is -2.24. The number of aromatic nitrogens is 1. The van der Waals surface area contributed by atoms with Gasteiger partial charge in [-0.25, -0.2) is 9.11 Å². The van der Waals surface area contributed by atoms with Crippen LogP contribution in [0.4, 0.5) is 4.39 Å². The Morgan fingerprint density at radius 2 is 2.13 bits per heavy atom. The minimum absolute atomic E-state index is 0.0535. The standard InChI is InChI=1S/C22H29FN4O3S/c1-15(2)19-10-17(23)11-20(16-6-5-8-24-13-16)21(19)12-22(28)25-31(29,30)27(4)18-7-9-26(3)14-18/h5-6,8,10-11,13,15,18H,7,9,12,14H2,1-4H3,(H,25,28). The number of benzene rings is 1. The predicted octanol–water partition coefficient (Wildman–Crippen LogP) is 2.55. The van der Waals surface area contributed by atoms with E-state index in [0.717, 1.165) is 6.54 Å². The summed E-state index contributed by atoms with van der Waals surface area (Å²) in [5.41, 5.74) is 2.47. The number of rotatable bonds is 7. The molecule has 2 heterocycles. The van der Waals surface area contributed by atoms with E-state index in [4.69, 9.17) is 0 Å². The van der Waals surface area contributed by atoms with Crippen LogP contribution in [-0.4, -0.2) is 61.7 Å². The SMILES string of the molecule is CC(C)c1cc(F)cc(-c2cccnc2)c1CC(=O)NS(=O)(=O)N(C)C1CCN(C)C1. The summed E-state index contributed by atoms with van der Waals surface area (Å²) in [6.07, 6.45) is 3.74. The number of carbonyl (C=O) groups is 1. The number of amides is 1. The first-order valence-electron chi connectivity index (χ1n) is 10.3. The van der Waals surface area contributed by atoms with Crippen LogP contribution in [0.3, 0.4) is 0 Å². The van der Waals surface area contributed by atoms with Crippen LogP contribution in [0.25, 0.3) is 11.1 Å². The number of carbonyl (C=O) groups excluding carboxylic acids is 1. The van der Waals surface area contributed by atoms with Crippen molar-refractivity contribution in [2.75, 3.05) is 27.2 Å². The molecule has 1 amide bonds. The van der Waals surface area contributed by atoms with E-state index in [-0.39, 0.29) is 18.4 Å². The van der Waals surface area contributed by atoms with Gasteiger partial charge in [0.2, 0.25) is 5.91 Å². The first kappa shape index (κ1) is 23.3. The van der Waals surface area contributed by atoms with Crippen LogP contribution in [0.5, 0.6) is 0 Å². The molecule has 0 radical (unpaired) electrons. The van der Waals surface area contributed by atoms with Gasteiger partial charge < -0.3 is 4.90 Å². The van der Waals surface area contributed by atoms with Gasteiger partial charge in [0.25, 0.3) is 0 Å². The summed E-state index contributed by atoms with van der Waals surface area (Å²) in [6.45, 7) is 5.24. The van der Waals surface area contributed by atoms with Crippen molar-refractivity contribution in [2.45, 2.75) is 38.6 Å². The van der Waals surface area contributed by atoms with Crippen LogP contribution in [0.1, 0.15) is 37.3 Å². The highest BCUT2D eigenvalue weighted by Crippen LogP contribution is 2.31. The van der Waals surface area contributed by atoms with Gasteiger partial charge in [-0.05, 0) is 60.8 Å². The number of nitrogens with zero attached hydrogens (tertiary/aromatic N) is 3. The lowest BCUT2D eigenvalue weighted by atomic mass is 9.88. The molecule has 1 aliphatic rings. The Balaban J connectivity index is 1.88. The molecule has 1 unspecified atom stereocenters. The third kappa shape index (κ3) is 5.47. The number of likely N-dealkylation sites (N-methyl/N-ethyl adjacent to an activating group) is 2. The molecule has 1 aromatic carbocycles. The van der Waals surface area contributed by atoms with Crippen molar-refractivity contribution in [1.82, 2.24) is 18.9 Å². The van der Waals surface area contributed by atoms with Crippen molar-refractivity contribution in [3.05, 3.63) is 53.6 Å². The molecule has 0 aliphatic carbocycles. The molecule has 9 heteroatoms. The molecule has 31 heavy (non-hydrogen) atoms. The topological polar surface area (TPSA) is 82.6 Å². The molecule has 0 spiro atoms. The number of halogens is 1. The van der Waals surface area contributed by atoms with Gasteiger partial charge in [-0.1, -0.05) is 19.9 Å². The van der Waals surface area contributed by atoms with Crippen LogP contribution in [-0.2, 0) is 21.4 Å². The van der Waals surface area contributed by atoms with Crippen molar-refractivity contribution >= 4 is 16.1 Å². The maximum Gasteiger partial charge on any atom is 0.303 e. The summed E-state index contributed by atoms with van der Waals surface area (Å²) in [7, 11) is -0.569. The molecule has 1 atom stereocenters. The quantitative estimate of drug-likeness (QED) is 0.704. The summed E-state index contributed by atoms with van der Waals surface area (Å²) >= 11 is 0. The number of hydrogen-bond acceptors (Lipinski definition) is 5. The highest BCUT2D eigenvalue weighted by atomic mass is 32.2. The van der Waals surface area contributed by atoms with E-state index in [0.29, 0.717) is 35.2 Å². The molecule has 1 N–H and O–H groups in total. The van der Waals surface area contributed by atoms with E-state index in [2.05, 4.69) is 9.71 Å². The molecule has 3 rings (SSSR count). The molecular weight excluding hydrogens is 419 g/mol. The second-order valence-corrected chi connectivity index (χ2v) is 10.1. The lowest BCUT2D eigenvalue weighted by Crippen LogP contribution is -2.47. The largest absolute Gasteiger partial charge is 0.305 e. The minimum Gasteiger partial charge on any atom is -0.305 e. The van der Waals surface area contributed by atoms with E-state index in [1.165, 1.54) is 23.5 Å². The normalized spacial score (nSPS) is 17.5. The first-order valence-corrected chi connectivity index (χ1v) is 11.7. The predicted molar refractivity (Wildman–Crippen MR) is 118 cm³/mol. The van der Waals surface area contributed by atoms with Crippen molar-refractivity contribution in [3.8, 4) is 11.1 Å². The van der Waals surface area contributed by atoms with Crippen LogP contribution in [0.2, 0.25) is 0 Å². The maximum absolute atomic E-state index is 14.3. The zero-order valence-electron chi connectivity index (χ0n) is 18.3. The van der Waals surface area contributed by atoms with Crippen molar-refractivity contribution in [1.29, 1.82) is 0 Å². The van der Waals surface area contributed by atoms with Gasteiger partial charge in [-0.2, -0.15) is 12.7 Å². The van der Waals surface area contributed by atoms with Crippen LogP contribution >= 0.6 is 0 Å². The molecule has 1 aromatic heterocycles. The lowest BCUT2D eigenvalue weighted by molar-refractivity contribution is -0.118. The van der Waals surface area contributed by atoms with Crippen molar-refractivity contribution in [2.24, 2.45) is 0 Å². The Morgan fingerprint density at radius 3 is 2.71 bits per heavy atom. The summed E-state index contributed by atoms with van der Waals surface area (Å²) in [4.78, 5) is 19.0. The Bertz CT molecular complexity index is 1040. The van der Waals surface area contributed by atoms with Gasteiger partial charge in [-0.3, -0.25) is 9.78 Å². The molecule has 1 fully saturated rings. The van der Waals surface area contributed by atoms with Gasteiger partial charge in [0, 0.05) is 37.6 Å². The van der Waals surface area contributed by atoms with Crippen LogP contribution in [0.15, 0.2) is 36.7 Å². The Kier molecular flexibility index (Phi) is 7.08. The van der Waals surface area contributed by atoms with Gasteiger partial charge in [0.1, 0.15) is 5.82 Å². The number of nitrogens with one attached hydrogen (secondary N) is 1. The molecular formula is C22H29FN4O3S. The summed E-state index contributed by atoms with van der Waals surface area (Å²) in [5.74, 6) is -1.12. The van der Waals surface area contributed by atoms with Crippen LogP contribution < -0.4 is 4.72 Å². The Labute approximate surface area is 183 Å². The summed E-state index contributed by atoms with van der Waals surface area (Å²) < 4.78 is 43.3. The van der Waals surface area contributed by atoms with E-state index < -0.39 is 21.9 Å². The smallest absolute Gasteiger partial charge is 0.303 e. The fraction of sp³-hybridized carbons (Fsp3) is 0.455. The molecule has 0 saturated carbocycles. The molecule has 7 nitrogen and oxygen atoms in total. The summed E-state index contributed by atoms with van der Waals surface area (Å²) in [6, 6.07) is 6.10. The average molecular weight is 449 g/mol. The number of likely N-dealkylation sites (tertiary alicyclic amines) is 1. The monoisotopic (exact) mass is 448 g/mol. The van der Waals surface area contributed by atoms with E-state index >= 15 is 0 Å².